The lowest BCUT2D eigenvalue weighted by atomic mass is 10.2. The Bertz CT molecular complexity index is 921. The van der Waals surface area contributed by atoms with Crippen LogP contribution in [-0.2, 0) is 4.74 Å². The number of amides is 1. The van der Waals surface area contributed by atoms with Crippen molar-refractivity contribution in [3.8, 4) is 0 Å². The highest BCUT2D eigenvalue weighted by Crippen LogP contribution is 2.27. The molecular formula is C19H25FN8O2. The van der Waals surface area contributed by atoms with Gasteiger partial charge in [0.25, 0.3) is 5.91 Å². The largest absolute Gasteiger partial charge is 0.383 e. The first-order valence-corrected chi connectivity index (χ1v) is 9.07. The first kappa shape index (κ1) is 22.8. The van der Waals surface area contributed by atoms with Crippen molar-refractivity contribution in [3.63, 3.8) is 0 Å². The molecule has 2 rings (SSSR count). The van der Waals surface area contributed by atoms with Crippen LogP contribution in [-0.4, -0.2) is 57.0 Å². The maximum Gasteiger partial charge on any atom is 0.252 e. The standard InChI is InChI=1S/C19H25FN8O2/c1-28(14(10-22)11-30-2)19-16(20)9-15(17(23)29)18(26-19)25-12-4-3-5-13(8-12)27-24-7-6-21/h3-6,8-9,14,21H,7,10-11,22H2,1-2H3,(H2,23,29)(H,25,26). The molecule has 2 aromatic rings. The fourth-order valence-corrected chi connectivity index (χ4v) is 2.66. The van der Waals surface area contributed by atoms with E-state index >= 15 is 0 Å². The molecule has 0 saturated heterocycles. The van der Waals surface area contributed by atoms with Gasteiger partial charge >= 0.3 is 0 Å². The Kier molecular flexibility index (Phi) is 8.32. The molecule has 0 aliphatic carbocycles. The van der Waals surface area contributed by atoms with E-state index in [2.05, 4.69) is 20.5 Å². The van der Waals surface area contributed by atoms with E-state index in [9.17, 15) is 9.18 Å². The number of hydrogen-bond acceptors (Lipinski definition) is 9. The van der Waals surface area contributed by atoms with Crippen LogP contribution in [0.5, 0.6) is 0 Å². The van der Waals surface area contributed by atoms with Crippen LogP contribution in [0.3, 0.4) is 0 Å². The number of carbonyl (C=O) groups excluding carboxylic acids is 1. The molecule has 160 valence electrons. The molecule has 1 heterocycles. The van der Waals surface area contributed by atoms with Gasteiger partial charge in [0.15, 0.2) is 11.6 Å². The molecule has 0 spiro atoms. The predicted octanol–water partition coefficient (Wildman–Crippen LogP) is 2.21. The molecule has 1 unspecified atom stereocenters. The minimum atomic E-state index is -0.827. The summed E-state index contributed by atoms with van der Waals surface area (Å²) in [6, 6.07) is 7.56. The number of nitrogens with one attached hydrogen (secondary N) is 2. The van der Waals surface area contributed by atoms with E-state index < -0.39 is 11.7 Å². The molecule has 0 fully saturated rings. The minimum Gasteiger partial charge on any atom is -0.383 e. The number of rotatable bonds is 11. The Morgan fingerprint density at radius 2 is 2.23 bits per heavy atom. The van der Waals surface area contributed by atoms with Gasteiger partial charge in [0, 0.05) is 32.6 Å². The van der Waals surface area contributed by atoms with Crippen LogP contribution in [0.25, 0.3) is 0 Å². The zero-order chi connectivity index (χ0) is 22.1. The molecular weight excluding hydrogens is 391 g/mol. The number of anilines is 3. The first-order chi connectivity index (χ1) is 14.4. The van der Waals surface area contributed by atoms with Crippen molar-refractivity contribution in [1.82, 2.24) is 4.98 Å². The molecule has 0 aliphatic rings. The van der Waals surface area contributed by atoms with Gasteiger partial charge in [-0.05, 0) is 24.3 Å². The number of halogens is 1. The molecule has 0 bridgehead atoms. The SMILES string of the molecule is COCC(CN)N(C)c1nc(Nc2cccc(N=NCC=N)c2)c(C(N)=O)cc1F. The van der Waals surface area contributed by atoms with Crippen molar-refractivity contribution in [3.05, 3.63) is 41.7 Å². The zero-order valence-electron chi connectivity index (χ0n) is 16.8. The van der Waals surface area contributed by atoms with Crippen LogP contribution in [0, 0.1) is 11.2 Å². The average molecular weight is 416 g/mol. The van der Waals surface area contributed by atoms with E-state index in [1.54, 1.807) is 36.2 Å². The molecule has 11 heteroatoms. The number of likely N-dealkylation sites (N-methyl/N-ethyl adjacent to an activating group) is 1. The highest BCUT2D eigenvalue weighted by molar-refractivity contribution is 5.98. The summed E-state index contributed by atoms with van der Waals surface area (Å²) in [5.41, 5.74) is 12.1. The van der Waals surface area contributed by atoms with E-state index in [-0.39, 0.29) is 42.9 Å². The molecule has 30 heavy (non-hydrogen) atoms. The number of methoxy groups -OCH3 is 1. The second-order valence-electron chi connectivity index (χ2n) is 6.31. The molecule has 1 aromatic heterocycles. The highest BCUT2D eigenvalue weighted by Gasteiger charge is 2.22. The van der Waals surface area contributed by atoms with Gasteiger partial charge in [-0.25, -0.2) is 9.37 Å². The summed E-state index contributed by atoms with van der Waals surface area (Å²) in [5, 5.41) is 17.8. The fraction of sp³-hybridized carbons (Fsp3) is 0.316. The molecule has 0 saturated carbocycles. The number of nitrogens with zero attached hydrogens (tertiary/aromatic N) is 4. The topological polar surface area (TPSA) is 155 Å². The number of aromatic nitrogens is 1. The van der Waals surface area contributed by atoms with Crippen LogP contribution in [0.1, 0.15) is 10.4 Å². The van der Waals surface area contributed by atoms with E-state index in [1.165, 1.54) is 7.11 Å². The Morgan fingerprint density at radius 1 is 1.47 bits per heavy atom. The normalized spacial score (nSPS) is 12.0. The van der Waals surface area contributed by atoms with Gasteiger partial charge in [0.2, 0.25) is 0 Å². The number of nitrogens with two attached hydrogens (primary N) is 2. The first-order valence-electron chi connectivity index (χ1n) is 9.07. The van der Waals surface area contributed by atoms with Crippen LogP contribution in [0.2, 0.25) is 0 Å². The summed E-state index contributed by atoms with van der Waals surface area (Å²) in [5.74, 6) is -1.45. The smallest absolute Gasteiger partial charge is 0.252 e. The summed E-state index contributed by atoms with van der Waals surface area (Å²) >= 11 is 0. The maximum absolute atomic E-state index is 14.7. The van der Waals surface area contributed by atoms with E-state index in [0.717, 1.165) is 12.3 Å². The Labute approximate surface area is 173 Å². The summed E-state index contributed by atoms with van der Waals surface area (Å²) in [4.78, 5) is 17.7. The van der Waals surface area contributed by atoms with Crippen molar-refractivity contribution in [2.24, 2.45) is 21.7 Å². The minimum absolute atomic E-state index is 0.00294. The lowest BCUT2D eigenvalue weighted by molar-refractivity contribution is 0.100. The molecule has 1 atom stereocenters. The summed E-state index contributed by atoms with van der Waals surface area (Å²) in [7, 11) is 3.16. The van der Waals surface area contributed by atoms with Crippen molar-refractivity contribution < 1.29 is 13.9 Å². The molecule has 1 aromatic carbocycles. The summed E-state index contributed by atoms with van der Waals surface area (Å²) in [6.07, 6.45) is 1.13. The van der Waals surface area contributed by atoms with Gasteiger partial charge < -0.3 is 31.8 Å². The molecule has 10 nitrogen and oxygen atoms in total. The number of hydrogen-bond donors (Lipinski definition) is 4. The number of benzene rings is 1. The second-order valence-corrected chi connectivity index (χ2v) is 6.31. The van der Waals surface area contributed by atoms with Crippen LogP contribution < -0.4 is 21.7 Å². The molecule has 1 amide bonds. The van der Waals surface area contributed by atoms with Crippen molar-refractivity contribution >= 4 is 35.1 Å². The third-order valence-electron chi connectivity index (χ3n) is 4.20. The summed E-state index contributed by atoms with van der Waals surface area (Å²) < 4.78 is 19.8. The second kappa shape index (κ2) is 10.9. The number of azo groups is 1. The molecule has 0 radical (unpaired) electrons. The molecule has 6 N–H and O–H groups in total. The lowest BCUT2D eigenvalue weighted by Crippen LogP contribution is -2.42. The average Bonchev–Trinajstić information content (AvgIpc) is 2.73. The lowest BCUT2D eigenvalue weighted by Gasteiger charge is -2.28. The van der Waals surface area contributed by atoms with Gasteiger partial charge in [-0.3, -0.25) is 4.79 Å². The Hall–Kier alpha value is -3.44. The number of pyridine rings is 1. The number of carbonyl (C=O) groups is 1. The Morgan fingerprint density at radius 3 is 2.87 bits per heavy atom. The predicted molar refractivity (Wildman–Crippen MR) is 114 cm³/mol. The number of primary amides is 1. The quantitative estimate of drug-likeness (QED) is 0.325. The zero-order valence-corrected chi connectivity index (χ0v) is 16.8. The van der Waals surface area contributed by atoms with Crippen molar-refractivity contribution in [2.75, 3.05) is 44.1 Å². The van der Waals surface area contributed by atoms with Gasteiger partial charge in [-0.2, -0.15) is 10.2 Å². The van der Waals surface area contributed by atoms with Crippen LogP contribution >= 0.6 is 0 Å². The van der Waals surface area contributed by atoms with Crippen molar-refractivity contribution in [1.29, 1.82) is 5.41 Å². The van der Waals surface area contributed by atoms with E-state index in [4.69, 9.17) is 21.6 Å². The van der Waals surface area contributed by atoms with Gasteiger partial charge in [-0.15, -0.1) is 0 Å². The van der Waals surface area contributed by atoms with E-state index in [1.807, 2.05) is 0 Å². The van der Waals surface area contributed by atoms with Crippen LogP contribution in [0.15, 0.2) is 40.6 Å². The van der Waals surface area contributed by atoms with Gasteiger partial charge in [0.05, 0.1) is 30.4 Å². The van der Waals surface area contributed by atoms with Gasteiger partial charge in [-0.1, -0.05) is 6.07 Å². The Balaban J connectivity index is 2.42. The van der Waals surface area contributed by atoms with Crippen LogP contribution in [0.4, 0.5) is 27.4 Å². The monoisotopic (exact) mass is 416 g/mol. The maximum atomic E-state index is 14.7. The fourth-order valence-electron chi connectivity index (χ4n) is 2.66. The van der Waals surface area contributed by atoms with Gasteiger partial charge in [0.1, 0.15) is 5.82 Å². The van der Waals surface area contributed by atoms with Crippen molar-refractivity contribution in [2.45, 2.75) is 6.04 Å². The summed E-state index contributed by atoms with van der Waals surface area (Å²) in [6.45, 7) is 0.661. The number of ether oxygens (including phenoxy) is 1. The molecule has 0 aliphatic heterocycles. The third kappa shape index (κ3) is 5.78. The highest BCUT2D eigenvalue weighted by atomic mass is 19.1. The van der Waals surface area contributed by atoms with E-state index in [0.29, 0.717) is 11.4 Å². The third-order valence-corrected chi connectivity index (χ3v) is 4.20.